The minimum Gasteiger partial charge on any atom is -0.403 e. The second-order valence-corrected chi connectivity index (χ2v) is 4.70. The van der Waals surface area contributed by atoms with Crippen molar-refractivity contribution in [3.05, 3.63) is 35.1 Å². The monoisotopic (exact) mass is 253 g/mol. The highest BCUT2D eigenvalue weighted by Gasteiger charge is 2.31. The third-order valence-corrected chi connectivity index (χ3v) is 3.20. The van der Waals surface area contributed by atoms with Crippen LogP contribution in [0.25, 0.3) is 0 Å². The molecule has 1 heterocycles. The Morgan fingerprint density at radius 2 is 2.29 bits per heavy atom. The lowest BCUT2D eigenvalue weighted by Crippen LogP contribution is -2.10. The molecule has 0 saturated carbocycles. The number of benzene rings is 1. The van der Waals surface area contributed by atoms with E-state index in [4.69, 9.17) is 4.74 Å². The van der Waals surface area contributed by atoms with E-state index in [1.807, 2.05) is 13.2 Å². The molecule has 0 spiro atoms. The zero-order chi connectivity index (χ0) is 12.4. The summed E-state index contributed by atoms with van der Waals surface area (Å²) in [6.07, 6.45) is 1.96. The predicted octanol–water partition coefficient (Wildman–Crippen LogP) is 2.49. The highest BCUT2D eigenvalue weighted by atomic mass is 32.2. The molecule has 1 aliphatic heterocycles. The summed E-state index contributed by atoms with van der Waals surface area (Å²) >= 11 is 1.64. The number of carbonyl (C=O) groups excluding carboxylic acids is 1. The number of cyclic esters (lactones) is 1. The van der Waals surface area contributed by atoms with Crippen LogP contribution in [-0.4, -0.2) is 29.9 Å². The van der Waals surface area contributed by atoms with Gasteiger partial charge in [-0.15, -0.1) is 0 Å². The summed E-state index contributed by atoms with van der Waals surface area (Å²) in [6.45, 7) is 1.90. The van der Waals surface area contributed by atoms with Gasteiger partial charge in [-0.3, -0.25) is 0 Å². The van der Waals surface area contributed by atoms with Crippen LogP contribution in [0.4, 0.5) is 4.39 Å². The Hall–Kier alpha value is -1.36. The number of rotatable bonds is 3. The van der Waals surface area contributed by atoms with E-state index >= 15 is 0 Å². The van der Waals surface area contributed by atoms with E-state index in [0.717, 1.165) is 5.75 Å². The van der Waals surface area contributed by atoms with Gasteiger partial charge >= 0.3 is 5.97 Å². The Balaban J connectivity index is 2.39. The standard InChI is InChI=1S/C12H12FNO2S/c1-7(6-17-2)14-11-10-8(12(15)16-11)4-3-5-9(10)13/h3-5,7H,6H2,1-2H3/b14-11+/t7-/m0/s1. The first kappa shape index (κ1) is 12.1. The maximum absolute atomic E-state index is 13.6. The maximum atomic E-state index is 13.6. The lowest BCUT2D eigenvalue weighted by Gasteiger charge is -2.05. The Bertz CT molecular complexity index is 487. The molecule has 5 heteroatoms. The van der Waals surface area contributed by atoms with Crippen molar-refractivity contribution in [1.82, 2.24) is 0 Å². The number of thioether (sulfide) groups is 1. The molecule has 1 aliphatic rings. The van der Waals surface area contributed by atoms with E-state index in [1.54, 1.807) is 17.8 Å². The molecule has 90 valence electrons. The molecule has 0 N–H and O–H groups in total. The van der Waals surface area contributed by atoms with Gasteiger partial charge in [0.05, 0.1) is 17.2 Å². The second kappa shape index (κ2) is 4.87. The molecule has 0 fully saturated rings. The molecule has 3 nitrogen and oxygen atoms in total. The molecule has 0 saturated heterocycles. The first-order chi connectivity index (χ1) is 8.13. The van der Waals surface area contributed by atoms with Gasteiger partial charge in [-0.25, -0.2) is 14.2 Å². The number of halogens is 1. The van der Waals surface area contributed by atoms with Gasteiger partial charge < -0.3 is 4.74 Å². The molecule has 1 aromatic rings. The number of hydrogen-bond donors (Lipinski definition) is 0. The van der Waals surface area contributed by atoms with Gasteiger partial charge in [0.15, 0.2) is 0 Å². The lowest BCUT2D eigenvalue weighted by atomic mass is 10.1. The van der Waals surface area contributed by atoms with Crippen molar-refractivity contribution < 1.29 is 13.9 Å². The van der Waals surface area contributed by atoms with Gasteiger partial charge in [-0.2, -0.15) is 11.8 Å². The van der Waals surface area contributed by atoms with Gasteiger partial charge in [0.25, 0.3) is 0 Å². The van der Waals surface area contributed by atoms with Crippen LogP contribution >= 0.6 is 11.8 Å². The van der Waals surface area contributed by atoms with Crippen LogP contribution in [0.2, 0.25) is 0 Å². The summed E-state index contributed by atoms with van der Waals surface area (Å²) in [4.78, 5) is 15.7. The molecule has 0 unspecified atom stereocenters. The number of nitrogens with zero attached hydrogens (tertiary/aromatic N) is 1. The predicted molar refractivity (Wildman–Crippen MR) is 66.2 cm³/mol. The topological polar surface area (TPSA) is 38.7 Å². The maximum Gasteiger partial charge on any atom is 0.345 e. The van der Waals surface area contributed by atoms with Crippen molar-refractivity contribution in [3.8, 4) is 0 Å². The van der Waals surface area contributed by atoms with E-state index in [1.165, 1.54) is 12.1 Å². The molecule has 17 heavy (non-hydrogen) atoms. The highest BCUT2D eigenvalue weighted by Crippen LogP contribution is 2.23. The van der Waals surface area contributed by atoms with Gasteiger partial charge in [-0.05, 0) is 25.3 Å². The third-order valence-electron chi connectivity index (χ3n) is 2.38. The van der Waals surface area contributed by atoms with Crippen LogP contribution in [-0.2, 0) is 4.74 Å². The van der Waals surface area contributed by atoms with Crippen LogP contribution in [0.1, 0.15) is 22.8 Å². The molecule has 1 atom stereocenters. The van der Waals surface area contributed by atoms with E-state index in [-0.39, 0.29) is 23.1 Å². The zero-order valence-corrected chi connectivity index (χ0v) is 10.4. The third kappa shape index (κ3) is 2.34. The first-order valence-electron chi connectivity index (χ1n) is 5.21. The van der Waals surface area contributed by atoms with Crippen molar-refractivity contribution >= 4 is 23.6 Å². The van der Waals surface area contributed by atoms with E-state index < -0.39 is 11.8 Å². The van der Waals surface area contributed by atoms with Gasteiger partial charge in [0.1, 0.15) is 5.82 Å². The first-order valence-corrected chi connectivity index (χ1v) is 6.60. The fourth-order valence-electron chi connectivity index (χ4n) is 1.67. The summed E-state index contributed by atoms with van der Waals surface area (Å²) in [6, 6.07) is 4.32. The molecular weight excluding hydrogens is 241 g/mol. The van der Waals surface area contributed by atoms with Gasteiger partial charge in [0, 0.05) is 5.75 Å². The lowest BCUT2D eigenvalue weighted by molar-refractivity contribution is 0.0736. The number of hydrogen-bond acceptors (Lipinski definition) is 4. The van der Waals surface area contributed by atoms with Gasteiger partial charge in [0.2, 0.25) is 5.90 Å². The number of carbonyl (C=O) groups is 1. The largest absolute Gasteiger partial charge is 0.403 e. The van der Waals surface area contributed by atoms with Gasteiger partial charge in [-0.1, -0.05) is 6.07 Å². The molecule has 0 aliphatic carbocycles. The highest BCUT2D eigenvalue weighted by molar-refractivity contribution is 7.98. The second-order valence-electron chi connectivity index (χ2n) is 3.79. The normalized spacial score (nSPS) is 18.1. The number of aliphatic imine (C=N–C) groups is 1. The minimum atomic E-state index is -0.533. The Labute approximate surface area is 103 Å². The Morgan fingerprint density at radius 3 is 3.00 bits per heavy atom. The Morgan fingerprint density at radius 1 is 1.53 bits per heavy atom. The summed E-state index contributed by atoms with van der Waals surface area (Å²) in [7, 11) is 0. The summed E-state index contributed by atoms with van der Waals surface area (Å²) in [5.41, 5.74) is 0.436. The van der Waals surface area contributed by atoms with Crippen LogP contribution in [0.15, 0.2) is 23.2 Å². The summed E-state index contributed by atoms with van der Waals surface area (Å²) < 4.78 is 18.6. The number of ether oxygens (including phenoxy) is 1. The average molecular weight is 253 g/mol. The molecule has 0 radical (unpaired) electrons. The van der Waals surface area contributed by atoms with Crippen LogP contribution < -0.4 is 0 Å². The molecular formula is C12H12FNO2S. The van der Waals surface area contributed by atoms with Crippen LogP contribution in [0.5, 0.6) is 0 Å². The average Bonchev–Trinajstić information content (AvgIpc) is 2.57. The van der Waals surface area contributed by atoms with Crippen LogP contribution in [0.3, 0.4) is 0 Å². The van der Waals surface area contributed by atoms with E-state index in [0.29, 0.717) is 0 Å². The number of esters is 1. The fraction of sp³-hybridized carbons (Fsp3) is 0.333. The molecule has 0 aromatic heterocycles. The molecule has 0 bridgehead atoms. The van der Waals surface area contributed by atoms with E-state index in [2.05, 4.69) is 4.99 Å². The summed E-state index contributed by atoms with van der Waals surface area (Å²) in [5.74, 6) is -0.104. The van der Waals surface area contributed by atoms with Crippen molar-refractivity contribution in [3.63, 3.8) is 0 Å². The van der Waals surface area contributed by atoms with Crippen molar-refractivity contribution in [1.29, 1.82) is 0 Å². The van der Waals surface area contributed by atoms with Crippen LogP contribution in [0, 0.1) is 5.82 Å². The zero-order valence-electron chi connectivity index (χ0n) is 9.57. The summed E-state index contributed by atoms with van der Waals surface area (Å²) in [5, 5.41) is 0. The SMILES string of the molecule is CSC[C@H](C)/N=C1/OC(=O)c2cccc(F)c21. The molecule has 0 amide bonds. The fourth-order valence-corrected chi connectivity index (χ4v) is 2.23. The minimum absolute atomic E-state index is 0.0154. The van der Waals surface area contributed by atoms with Crippen molar-refractivity contribution in [2.75, 3.05) is 12.0 Å². The Kier molecular flexibility index (Phi) is 3.47. The van der Waals surface area contributed by atoms with Crippen molar-refractivity contribution in [2.24, 2.45) is 4.99 Å². The quantitative estimate of drug-likeness (QED) is 0.777. The van der Waals surface area contributed by atoms with E-state index in [9.17, 15) is 9.18 Å². The number of fused-ring (bicyclic) bond motifs is 1. The molecule has 2 rings (SSSR count). The smallest absolute Gasteiger partial charge is 0.345 e. The molecule has 1 aromatic carbocycles. The van der Waals surface area contributed by atoms with Crippen molar-refractivity contribution in [2.45, 2.75) is 13.0 Å².